The van der Waals surface area contributed by atoms with Gasteiger partial charge in [0.25, 0.3) is 0 Å². The first-order chi connectivity index (χ1) is 12.8. The van der Waals surface area contributed by atoms with Crippen molar-refractivity contribution in [3.63, 3.8) is 0 Å². The lowest BCUT2D eigenvalue weighted by molar-refractivity contribution is -0.115. The Bertz CT molecular complexity index is 1060. The summed E-state index contributed by atoms with van der Waals surface area (Å²) in [5.74, 6) is 0.196. The standard InChI is InChI=1S/C16H18N6O3S2/c1-11-2-4-12(5-3-11)27(24,25)18-9-8-15-20-19-14-6-7-16(21-22(14)15)26-10-13(17)23/h2-7,18H,8-10H2,1H3,(H2,17,23). The number of benzene rings is 1. The van der Waals surface area contributed by atoms with Crippen molar-refractivity contribution < 1.29 is 13.2 Å². The minimum Gasteiger partial charge on any atom is -0.369 e. The maximum Gasteiger partial charge on any atom is 0.240 e. The Labute approximate surface area is 160 Å². The first kappa shape index (κ1) is 19.3. The maximum atomic E-state index is 12.3. The quantitative estimate of drug-likeness (QED) is 0.521. The van der Waals surface area contributed by atoms with Gasteiger partial charge in [-0.2, -0.15) is 9.61 Å². The van der Waals surface area contributed by atoms with Crippen LogP contribution in [0.1, 0.15) is 11.4 Å². The van der Waals surface area contributed by atoms with Gasteiger partial charge >= 0.3 is 0 Å². The smallest absolute Gasteiger partial charge is 0.240 e. The molecule has 0 saturated heterocycles. The maximum absolute atomic E-state index is 12.3. The third-order valence-corrected chi connectivity index (χ3v) is 6.06. The molecular formula is C16H18N6O3S2. The van der Waals surface area contributed by atoms with Crippen LogP contribution in [0.15, 0.2) is 46.3 Å². The van der Waals surface area contributed by atoms with E-state index in [1.54, 1.807) is 36.4 Å². The number of sulfonamides is 1. The lowest BCUT2D eigenvalue weighted by atomic mass is 10.2. The molecular weight excluding hydrogens is 388 g/mol. The molecule has 3 rings (SSSR count). The molecule has 3 aromatic rings. The largest absolute Gasteiger partial charge is 0.369 e. The topological polar surface area (TPSA) is 132 Å². The summed E-state index contributed by atoms with van der Waals surface area (Å²) in [6.07, 6.45) is 0.309. The van der Waals surface area contributed by atoms with Gasteiger partial charge in [0.1, 0.15) is 5.03 Å². The van der Waals surface area contributed by atoms with Gasteiger partial charge in [-0.25, -0.2) is 13.1 Å². The number of primary amides is 1. The number of amides is 1. The summed E-state index contributed by atoms with van der Waals surface area (Å²) in [4.78, 5) is 11.1. The van der Waals surface area contributed by atoms with Crippen LogP contribution < -0.4 is 10.5 Å². The molecule has 0 unspecified atom stereocenters. The Kier molecular flexibility index (Phi) is 5.73. The highest BCUT2D eigenvalue weighted by molar-refractivity contribution is 7.99. The summed E-state index contributed by atoms with van der Waals surface area (Å²) in [6.45, 7) is 2.04. The van der Waals surface area contributed by atoms with Crippen molar-refractivity contribution in [2.45, 2.75) is 23.3 Å². The van der Waals surface area contributed by atoms with Crippen molar-refractivity contribution in [3.05, 3.63) is 47.8 Å². The number of carbonyl (C=O) groups is 1. The Morgan fingerprint density at radius 2 is 1.93 bits per heavy atom. The van der Waals surface area contributed by atoms with E-state index in [1.807, 2.05) is 6.92 Å². The molecule has 27 heavy (non-hydrogen) atoms. The van der Waals surface area contributed by atoms with Crippen LogP contribution in [0, 0.1) is 6.92 Å². The fraction of sp³-hybridized carbons (Fsp3) is 0.250. The van der Waals surface area contributed by atoms with Crippen molar-refractivity contribution in [1.82, 2.24) is 24.5 Å². The highest BCUT2D eigenvalue weighted by Crippen LogP contribution is 2.15. The zero-order valence-electron chi connectivity index (χ0n) is 14.5. The minimum atomic E-state index is -3.59. The van der Waals surface area contributed by atoms with Crippen LogP contribution in [-0.2, 0) is 21.2 Å². The number of rotatable bonds is 8. The summed E-state index contributed by atoms with van der Waals surface area (Å²) < 4.78 is 28.7. The van der Waals surface area contributed by atoms with Gasteiger partial charge in [0.15, 0.2) is 11.5 Å². The molecule has 142 valence electrons. The second-order valence-electron chi connectivity index (χ2n) is 5.77. The van der Waals surface area contributed by atoms with E-state index in [9.17, 15) is 13.2 Å². The third-order valence-electron chi connectivity index (χ3n) is 3.64. The highest BCUT2D eigenvalue weighted by atomic mass is 32.2. The van der Waals surface area contributed by atoms with Gasteiger partial charge in [0, 0.05) is 13.0 Å². The first-order valence-corrected chi connectivity index (χ1v) is 10.5. The molecule has 0 bridgehead atoms. The molecule has 0 aliphatic carbocycles. The van der Waals surface area contributed by atoms with Crippen molar-refractivity contribution >= 4 is 33.3 Å². The van der Waals surface area contributed by atoms with Gasteiger partial charge in [-0.1, -0.05) is 29.5 Å². The zero-order valence-corrected chi connectivity index (χ0v) is 16.1. The van der Waals surface area contributed by atoms with E-state index in [0.29, 0.717) is 22.9 Å². The van der Waals surface area contributed by atoms with E-state index in [1.165, 1.54) is 16.3 Å². The van der Waals surface area contributed by atoms with Crippen LogP contribution in [0.25, 0.3) is 5.65 Å². The second kappa shape index (κ2) is 8.03. The average molecular weight is 406 g/mol. The third kappa shape index (κ3) is 4.81. The average Bonchev–Trinajstić information content (AvgIpc) is 3.02. The molecule has 3 N–H and O–H groups in total. The Hall–Kier alpha value is -2.50. The number of fused-ring (bicyclic) bond motifs is 1. The van der Waals surface area contributed by atoms with Gasteiger partial charge in [-0.3, -0.25) is 4.79 Å². The SMILES string of the molecule is Cc1ccc(S(=O)(=O)NCCc2nnc3ccc(SCC(N)=O)nn23)cc1. The van der Waals surface area contributed by atoms with Crippen LogP contribution in [0.2, 0.25) is 0 Å². The number of nitrogens with two attached hydrogens (primary N) is 1. The molecule has 9 nitrogen and oxygen atoms in total. The summed E-state index contributed by atoms with van der Waals surface area (Å²) in [7, 11) is -3.59. The van der Waals surface area contributed by atoms with Crippen molar-refractivity contribution in [2.75, 3.05) is 12.3 Å². The number of carbonyl (C=O) groups excluding carboxylic acids is 1. The summed E-state index contributed by atoms with van der Waals surface area (Å²) in [5.41, 5.74) is 6.66. The normalized spacial score (nSPS) is 11.7. The number of nitrogens with one attached hydrogen (secondary N) is 1. The summed E-state index contributed by atoms with van der Waals surface area (Å²) in [6, 6.07) is 10.1. The lowest BCUT2D eigenvalue weighted by Crippen LogP contribution is -2.26. The van der Waals surface area contributed by atoms with E-state index in [4.69, 9.17) is 5.73 Å². The summed E-state index contributed by atoms with van der Waals surface area (Å²) >= 11 is 1.21. The number of aromatic nitrogens is 4. The van der Waals surface area contributed by atoms with Crippen LogP contribution in [-0.4, -0.2) is 46.4 Å². The molecule has 0 aliphatic rings. The second-order valence-corrected chi connectivity index (χ2v) is 8.54. The molecule has 0 aliphatic heterocycles. The summed E-state index contributed by atoms with van der Waals surface area (Å²) in [5, 5.41) is 13.0. The molecule has 11 heteroatoms. The number of hydrogen-bond donors (Lipinski definition) is 2. The molecule has 2 heterocycles. The lowest BCUT2D eigenvalue weighted by Gasteiger charge is -2.06. The van der Waals surface area contributed by atoms with E-state index >= 15 is 0 Å². The van der Waals surface area contributed by atoms with Gasteiger partial charge in [0.2, 0.25) is 15.9 Å². The Morgan fingerprint density at radius 3 is 2.63 bits per heavy atom. The van der Waals surface area contributed by atoms with E-state index in [0.717, 1.165) is 5.56 Å². The number of aryl methyl sites for hydroxylation is 1. The Balaban J connectivity index is 1.68. The van der Waals surface area contributed by atoms with Gasteiger partial charge in [0.05, 0.1) is 10.6 Å². The van der Waals surface area contributed by atoms with Crippen LogP contribution >= 0.6 is 11.8 Å². The first-order valence-electron chi connectivity index (χ1n) is 8.04. The minimum absolute atomic E-state index is 0.117. The van der Waals surface area contributed by atoms with Gasteiger partial charge < -0.3 is 5.73 Å². The predicted octanol–water partition coefficient (Wildman–Crippen LogP) is 0.531. The fourth-order valence-corrected chi connectivity index (χ4v) is 3.92. The molecule has 0 fully saturated rings. The van der Waals surface area contributed by atoms with Crippen LogP contribution in [0.3, 0.4) is 0 Å². The monoisotopic (exact) mass is 406 g/mol. The molecule has 0 atom stereocenters. The van der Waals surface area contributed by atoms with E-state index in [-0.39, 0.29) is 17.2 Å². The highest BCUT2D eigenvalue weighted by Gasteiger charge is 2.14. The Morgan fingerprint density at radius 1 is 1.19 bits per heavy atom. The van der Waals surface area contributed by atoms with E-state index < -0.39 is 15.9 Å². The van der Waals surface area contributed by atoms with Crippen molar-refractivity contribution in [1.29, 1.82) is 0 Å². The van der Waals surface area contributed by atoms with Gasteiger partial charge in [-0.15, -0.1) is 10.2 Å². The van der Waals surface area contributed by atoms with Gasteiger partial charge in [-0.05, 0) is 31.2 Å². The van der Waals surface area contributed by atoms with Crippen molar-refractivity contribution in [3.8, 4) is 0 Å². The predicted molar refractivity (Wildman–Crippen MR) is 101 cm³/mol. The molecule has 0 saturated carbocycles. The molecule has 1 aromatic carbocycles. The number of nitrogens with zero attached hydrogens (tertiary/aromatic N) is 4. The fourth-order valence-electron chi connectivity index (χ4n) is 2.29. The molecule has 0 spiro atoms. The number of thioether (sulfide) groups is 1. The number of hydrogen-bond acceptors (Lipinski definition) is 7. The van der Waals surface area contributed by atoms with Crippen LogP contribution in [0.5, 0.6) is 0 Å². The molecule has 0 radical (unpaired) electrons. The zero-order chi connectivity index (χ0) is 19.4. The van der Waals surface area contributed by atoms with Crippen molar-refractivity contribution in [2.24, 2.45) is 5.73 Å². The van der Waals surface area contributed by atoms with E-state index in [2.05, 4.69) is 20.0 Å². The van der Waals surface area contributed by atoms with Crippen LogP contribution in [0.4, 0.5) is 0 Å². The molecule has 1 amide bonds. The molecule has 2 aromatic heterocycles.